The lowest BCUT2D eigenvalue weighted by atomic mass is 9.83. The number of anilines is 1. The Morgan fingerprint density at radius 3 is 2.63 bits per heavy atom. The average molecular weight is 259 g/mol. The van der Waals surface area contributed by atoms with Crippen molar-refractivity contribution in [2.45, 2.75) is 64.0 Å². The van der Waals surface area contributed by atoms with Crippen LogP contribution in [0.3, 0.4) is 0 Å². The second kappa shape index (κ2) is 4.52. The molecule has 2 nitrogen and oxygen atoms in total. The van der Waals surface area contributed by atoms with E-state index in [9.17, 15) is 5.11 Å². The van der Waals surface area contributed by atoms with Gasteiger partial charge in [-0.15, -0.1) is 0 Å². The predicted octanol–water partition coefficient (Wildman–Crippen LogP) is 3.48. The number of aliphatic hydroxyl groups excluding tert-OH is 1. The Morgan fingerprint density at radius 1 is 1.26 bits per heavy atom. The van der Waals surface area contributed by atoms with Crippen molar-refractivity contribution in [3.05, 3.63) is 29.3 Å². The lowest BCUT2D eigenvalue weighted by molar-refractivity contribution is 0.141. The Balaban J connectivity index is 1.81. The molecule has 0 bridgehead atoms. The van der Waals surface area contributed by atoms with Gasteiger partial charge in [-0.25, -0.2) is 0 Å². The van der Waals surface area contributed by atoms with Gasteiger partial charge >= 0.3 is 0 Å². The van der Waals surface area contributed by atoms with E-state index in [4.69, 9.17) is 0 Å². The summed E-state index contributed by atoms with van der Waals surface area (Å²) in [7, 11) is 0. The third kappa shape index (κ3) is 2.79. The molecule has 0 saturated heterocycles. The maximum atomic E-state index is 10.3. The third-order valence-corrected chi connectivity index (χ3v) is 4.49. The molecule has 0 amide bonds. The minimum absolute atomic E-state index is 0.171. The molecule has 1 aromatic carbocycles. The average Bonchev–Trinajstić information content (AvgIpc) is 3.12. The fraction of sp³-hybridized carbons (Fsp3) is 0.647. The molecule has 0 aromatic heterocycles. The van der Waals surface area contributed by atoms with E-state index < -0.39 is 0 Å². The first-order valence-electron chi connectivity index (χ1n) is 7.51. The number of benzene rings is 1. The summed E-state index contributed by atoms with van der Waals surface area (Å²) in [4.78, 5) is 0. The summed E-state index contributed by atoms with van der Waals surface area (Å²) in [6, 6.07) is 6.93. The molecule has 2 unspecified atom stereocenters. The Bertz CT molecular complexity index is 471. The molecule has 1 fully saturated rings. The van der Waals surface area contributed by atoms with E-state index >= 15 is 0 Å². The van der Waals surface area contributed by atoms with Crippen LogP contribution in [-0.2, 0) is 11.8 Å². The molecule has 1 heterocycles. The fourth-order valence-electron chi connectivity index (χ4n) is 2.96. The van der Waals surface area contributed by atoms with Crippen LogP contribution in [0, 0.1) is 5.92 Å². The van der Waals surface area contributed by atoms with Gasteiger partial charge in [0.2, 0.25) is 0 Å². The molecule has 19 heavy (non-hydrogen) atoms. The summed E-state index contributed by atoms with van der Waals surface area (Å²) in [5.74, 6) is 0.850. The highest BCUT2D eigenvalue weighted by atomic mass is 16.3. The number of nitrogens with one attached hydrogen (secondary N) is 1. The molecule has 1 aliphatic carbocycles. The molecule has 1 aromatic rings. The lowest BCUT2D eigenvalue weighted by Gasteiger charge is -2.33. The summed E-state index contributed by atoms with van der Waals surface area (Å²) in [6.45, 7) is 6.70. The van der Waals surface area contributed by atoms with Gasteiger partial charge in [0.05, 0.1) is 12.1 Å². The van der Waals surface area contributed by atoms with E-state index in [2.05, 4.69) is 44.3 Å². The molecule has 2 N–H and O–H groups in total. The van der Waals surface area contributed by atoms with E-state index in [1.807, 2.05) is 0 Å². The van der Waals surface area contributed by atoms with Crippen LogP contribution < -0.4 is 5.32 Å². The molecule has 104 valence electrons. The van der Waals surface area contributed by atoms with Crippen LogP contribution >= 0.6 is 0 Å². The van der Waals surface area contributed by atoms with Crippen molar-refractivity contribution in [3.63, 3.8) is 0 Å². The van der Waals surface area contributed by atoms with Crippen molar-refractivity contribution in [2.75, 3.05) is 5.32 Å². The predicted molar refractivity (Wildman–Crippen MR) is 79.6 cm³/mol. The van der Waals surface area contributed by atoms with E-state index in [0.717, 1.165) is 18.8 Å². The summed E-state index contributed by atoms with van der Waals surface area (Å²) < 4.78 is 0. The van der Waals surface area contributed by atoms with Gasteiger partial charge in [0, 0.05) is 12.1 Å². The van der Waals surface area contributed by atoms with Crippen LogP contribution in [0.4, 0.5) is 5.69 Å². The van der Waals surface area contributed by atoms with Gasteiger partial charge in [0.1, 0.15) is 0 Å². The molecule has 1 saturated carbocycles. The van der Waals surface area contributed by atoms with Crippen molar-refractivity contribution >= 4 is 5.69 Å². The van der Waals surface area contributed by atoms with Gasteiger partial charge in [0.25, 0.3) is 0 Å². The van der Waals surface area contributed by atoms with Gasteiger partial charge in [-0.05, 0) is 34.9 Å². The van der Waals surface area contributed by atoms with E-state index in [-0.39, 0.29) is 17.6 Å². The van der Waals surface area contributed by atoms with Crippen LogP contribution in [0.15, 0.2) is 18.2 Å². The largest absolute Gasteiger partial charge is 0.391 e. The first kappa shape index (κ1) is 13.0. The molecule has 2 atom stereocenters. The monoisotopic (exact) mass is 259 g/mol. The van der Waals surface area contributed by atoms with Crippen LogP contribution in [0.25, 0.3) is 0 Å². The Morgan fingerprint density at radius 2 is 2.00 bits per heavy atom. The van der Waals surface area contributed by atoms with Gasteiger partial charge in [-0.3, -0.25) is 0 Å². The highest BCUT2D eigenvalue weighted by Crippen LogP contribution is 2.38. The van der Waals surface area contributed by atoms with E-state index in [1.54, 1.807) is 0 Å². The molecule has 0 radical (unpaired) electrons. The quantitative estimate of drug-likeness (QED) is 0.852. The lowest BCUT2D eigenvalue weighted by Crippen LogP contribution is -2.39. The maximum absolute atomic E-state index is 10.3. The second-order valence-electron chi connectivity index (χ2n) is 7.32. The third-order valence-electron chi connectivity index (χ3n) is 4.49. The zero-order valence-electron chi connectivity index (χ0n) is 12.2. The van der Waals surface area contributed by atoms with Gasteiger partial charge < -0.3 is 10.4 Å². The van der Waals surface area contributed by atoms with Crippen molar-refractivity contribution in [2.24, 2.45) is 5.92 Å². The van der Waals surface area contributed by atoms with Crippen molar-refractivity contribution in [1.29, 1.82) is 0 Å². The highest BCUT2D eigenvalue weighted by molar-refractivity contribution is 5.56. The molecule has 2 heteroatoms. The number of hydrogen-bond donors (Lipinski definition) is 2. The smallest absolute Gasteiger partial charge is 0.0782 e. The summed E-state index contributed by atoms with van der Waals surface area (Å²) in [5.41, 5.74) is 4.02. The van der Waals surface area contributed by atoms with Crippen molar-refractivity contribution in [3.8, 4) is 0 Å². The fourth-order valence-corrected chi connectivity index (χ4v) is 2.96. The molecular weight excluding hydrogens is 234 g/mol. The molecule has 0 spiro atoms. The summed E-state index contributed by atoms with van der Waals surface area (Å²) in [5, 5.41) is 13.9. The second-order valence-corrected chi connectivity index (χ2v) is 7.32. The van der Waals surface area contributed by atoms with Crippen molar-refractivity contribution < 1.29 is 5.11 Å². The zero-order chi connectivity index (χ0) is 13.6. The van der Waals surface area contributed by atoms with E-state index in [0.29, 0.717) is 0 Å². The molecule has 1 aliphatic heterocycles. The first-order chi connectivity index (χ1) is 8.93. The van der Waals surface area contributed by atoms with Crippen LogP contribution in [0.5, 0.6) is 0 Å². The number of hydrogen-bond acceptors (Lipinski definition) is 2. The minimum Gasteiger partial charge on any atom is -0.391 e. The number of aliphatic hydroxyl groups is 1. The van der Waals surface area contributed by atoms with Crippen LogP contribution in [0.1, 0.15) is 51.2 Å². The molecule has 2 aliphatic rings. The zero-order valence-corrected chi connectivity index (χ0v) is 12.2. The first-order valence-corrected chi connectivity index (χ1v) is 7.51. The number of fused-ring (bicyclic) bond motifs is 1. The van der Waals surface area contributed by atoms with Gasteiger partial charge in [-0.1, -0.05) is 45.7 Å². The maximum Gasteiger partial charge on any atom is 0.0782 e. The Hall–Kier alpha value is -1.02. The highest BCUT2D eigenvalue weighted by Gasteiger charge is 2.32. The normalized spacial score (nSPS) is 26.7. The molecular formula is C17H25NO. The van der Waals surface area contributed by atoms with Crippen LogP contribution in [-0.4, -0.2) is 17.3 Å². The standard InChI is InChI=1S/C17H25NO/c1-17(2,3)13-6-7-14-12(9-13)10-16(19)15(18-14)8-11-4-5-11/h6-7,9,11,15-16,18-19H,4-5,8,10H2,1-3H3. The van der Waals surface area contributed by atoms with Gasteiger partial charge in [-0.2, -0.15) is 0 Å². The van der Waals surface area contributed by atoms with Crippen LogP contribution in [0.2, 0.25) is 0 Å². The summed E-state index contributed by atoms with van der Waals surface area (Å²) in [6.07, 6.45) is 4.38. The molecule has 3 rings (SSSR count). The Labute approximate surface area is 116 Å². The topological polar surface area (TPSA) is 32.3 Å². The Kier molecular flexibility index (Phi) is 3.09. The minimum atomic E-state index is -0.233. The van der Waals surface area contributed by atoms with Crippen molar-refractivity contribution in [1.82, 2.24) is 0 Å². The number of rotatable bonds is 2. The SMILES string of the molecule is CC(C)(C)c1ccc2c(c1)CC(O)C(CC1CC1)N2. The summed E-state index contributed by atoms with van der Waals surface area (Å²) >= 11 is 0. The van der Waals surface area contributed by atoms with Gasteiger partial charge in [0.15, 0.2) is 0 Å². The van der Waals surface area contributed by atoms with E-state index in [1.165, 1.54) is 29.7 Å².